The van der Waals surface area contributed by atoms with Crippen LogP contribution in [0, 0.1) is 5.92 Å². The van der Waals surface area contributed by atoms with Crippen molar-refractivity contribution in [1.82, 2.24) is 15.4 Å². The van der Waals surface area contributed by atoms with Gasteiger partial charge in [0.05, 0.1) is 5.92 Å². The number of halogens is 1. The third-order valence-electron chi connectivity index (χ3n) is 4.40. The van der Waals surface area contributed by atoms with E-state index in [4.69, 9.17) is 5.21 Å². The Morgan fingerprint density at radius 3 is 2.88 bits per heavy atom. The molecule has 0 spiro atoms. The fourth-order valence-corrected chi connectivity index (χ4v) is 3.59. The summed E-state index contributed by atoms with van der Waals surface area (Å²) >= 11 is 1.26. The quantitative estimate of drug-likeness (QED) is 0.465. The lowest BCUT2D eigenvalue weighted by molar-refractivity contribution is -0.148. The number of carbonyl (C=O) groups excluding carboxylic acids is 3. The molecule has 3 N–H and O–H groups in total. The molecule has 1 unspecified atom stereocenters. The second kappa shape index (κ2) is 9.58. The number of unbranched alkanes of at least 4 members (excludes halogenated alkanes) is 1. The molecule has 1 aromatic rings. The molecular weight excluding hydrogens is 363 g/mol. The minimum atomic E-state index is -2.16. The van der Waals surface area contributed by atoms with E-state index in [1.165, 1.54) is 21.7 Å². The number of rotatable bonds is 8. The lowest BCUT2D eigenvalue weighted by atomic mass is 9.94. The fourth-order valence-electron chi connectivity index (χ4n) is 3.05. The van der Waals surface area contributed by atoms with Gasteiger partial charge in [-0.15, -0.1) is 11.3 Å². The average molecular weight is 386 g/mol. The number of hydroxylamine groups is 1. The van der Waals surface area contributed by atoms with Crippen molar-refractivity contribution in [3.63, 3.8) is 0 Å². The van der Waals surface area contributed by atoms with E-state index < -0.39 is 29.9 Å². The molecule has 3 amide bonds. The van der Waals surface area contributed by atoms with E-state index in [9.17, 15) is 18.8 Å². The van der Waals surface area contributed by atoms with Crippen LogP contribution in [0.2, 0.25) is 0 Å². The van der Waals surface area contributed by atoms with Gasteiger partial charge in [-0.25, -0.2) is 14.9 Å². The molecule has 2 heterocycles. The Morgan fingerprint density at radius 1 is 1.50 bits per heavy atom. The zero-order chi connectivity index (χ0) is 19.1. The van der Waals surface area contributed by atoms with Gasteiger partial charge < -0.3 is 10.2 Å². The van der Waals surface area contributed by atoms with Crippen LogP contribution >= 0.6 is 11.3 Å². The topological polar surface area (TPSA) is 112 Å². The SMILES string of the molecule is CCCC[C@@H](C(=O)N1CCCC1C(=O)Nc1nccs1)[C@H](F)C(=O)NO. The molecule has 1 saturated heterocycles. The summed E-state index contributed by atoms with van der Waals surface area (Å²) in [5.41, 5.74) is 1.26. The average Bonchev–Trinajstić information content (AvgIpc) is 3.32. The molecule has 144 valence electrons. The Balaban J connectivity index is 2.11. The number of alkyl halides is 1. The van der Waals surface area contributed by atoms with Crippen molar-refractivity contribution in [2.45, 2.75) is 51.2 Å². The lowest BCUT2D eigenvalue weighted by Crippen LogP contribution is -2.49. The summed E-state index contributed by atoms with van der Waals surface area (Å²) in [6, 6.07) is -0.722. The summed E-state index contributed by atoms with van der Waals surface area (Å²) in [7, 11) is 0. The van der Waals surface area contributed by atoms with E-state index in [1.54, 1.807) is 11.6 Å². The zero-order valence-corrected chi connectivity index (χ0v) is 15.3. The smallest absolute Gasteiger partial charge is 0.278 e. The van der Waals surface area contributed by atoms with Crippen LogP contribution in [0.5, 0.6) is 0 Å². The van der Waals surface area contributed by atoms with Crippen LogP contribution < -0.4 is 10.8 Å². The molecule has 1 aliphatic heterocycles. The fraction of sp³-hybridized carbons (Fsp3) is 0.625. The predicted molar refractivity (Wildman–Crippen MR) is 93.3 cm³/mol. The largest absolute Gasteiger partial charge is 0.330 e. The Labute approximate surface area is 154 Å². The van der Waals surface area contributed by atoms with Gasteiger partial charge in [0.2, 0.25) is 11.8 Å². The number of anilines is 1. The van der Waals surface area contributed by atoms with Crippen molar-refractivity contribution >= 4 is 34.2 Å². The maximum absolute atomic E-state index is 14.4. The van der Waals surface area contributed by atoms with Gasteiger partial charge in [0.1, 0.15) is 6.04 Å². The minimum absolute atomic E-state index is 0.168. The number of aromatic nitrogens is 1. The summed E-state index contributed by atoms with van der Waals surface area (Å²) < 4.78 is 14.4. The monoisotopic (exact) mass is 386 g/mol. The molecule has 1 fully saturated rings. The first-order valence-corrected chi connectivity index (χ1v) is 9.46. The molecule has 3 atom stereocenters. The highest BCUT2D eigenvalue weighted by Crippen LogP contribution is 2.26. The van der Waals surface area contributed by atoms with E-state index in [1.807, 2.05) is 6.92 Å². The van der Waals surface area contributed by atoms with Crippen molar-refractivity contribution in [1.29, 1.82) is 0 Å². The van der Waals surface area contributed by atoms with Gasteiger partial charge in [-0.05, 0) is 19.3 Å². The molecule has 1 aromatic heterocycles. The molecular formula is C16H23FN4O4S. The number of nitrogens with one attached hydrogen (secondary N) is 2. The molecule has 0 saturated carbocycles. The van der Waals surface area contributed by atoms with E-state index in [0.29, 0.717) is 30.9 Å². The lowest BCUT2D eigenvalue weighted by Gasteiger charge is -2.29. The number of thiazole rings is 1. The summed E-state index contributed by atoms with van der Waals surface area (Å²) in [6.07, 6.45) is 1.92. The Bertz CT molecular complexity index is 628. The third kappa shape index (κ3) is 4.76. The van der Waals surface area contributed by atoms with Gasteiger partial charge in [0, 0.05) is 18.1 Å². The van der Waals surface area contributed by atoms with Gasteiger partial charge in [0.15, 0.2) is 11.3 Å². The second-order valence-corrected chi connectivity index (χ2v) is 7.04. The summed E-state index contributed by atoms with van der Waals surface area (Å²) in [6.45, 7) is 2.21. The summed E-state index contributed by atoms with van der Waals surface area (Å²) in [5.74, 6) is -3.42. The van der Waals surface area contributed by atoms with E-state index in [2.05, 4.69) is 10.3 Å². The van der Waals surface area contributed by atoms with E-state index in [-0.39, 0.29) is 12.3 Å². The third-order valence-corrected chi connectivity index (χ3v) is 5.09. The van der Waals surface area contributed by atoms with Gasteiger partial charge in [-0.2, -0.15) is 0 Å². The van der Waals surface area contributed by atoms with Crippen LogP contribution in [-0.2, 0) is 14.4 Å². The van der Waals surface area contributed by atoms with Crippen molar-refractivity contribution in [2.24, 2.45) is 5.92 Å². The molecule has 2 rings (SSSR count). The van der Waals surface area contributed by atoms with Crippen LogP contribution in [0.3, 0.4) is 0 Å². The number of nitrogens with zero attached hydrogens (tertiary/aromatic N) is 2. The van der Waals surface area contributed by atoms with Crippen LogP contribution in [0.4, 0.5) is 9.52 Å². The van der Waals surface area contributed by atoms with Crippen LogP contribution in [-0.4, -0.2) is 51.6 Å². The molecule has 1 aliphatic rings. The molecule has 0 aromatic carbocycles. The van der Waals surface area contributed by atoms with Crippen LogP contribution in [0.25, 0.3) is 0 Å². The number of hydrogen-bond donors (Lipinski definition) is 3. The van der Waals surface area contributed by atoms with Crippen molar-refractivity contribution in [3.8, 4) is 0 Å². The molecule has 0 aliphatic carbocycles. The standard InChI is InChI=1S/C16H23FN4O4S/c1-2-3-5-10(12(17)14(23)20-25)15(24)21-8-4-6-11(21)13(22)19-16-18-7-9-26-16/h7,9-12,25H,2-6,8H2,1H3,(H,20,23)(H,18,19,22)/t10-,11?,12+/m1/s1. The maximum Gasteiger partial charge on any atom is 0.278 e. The Hall–Kier alpha value is -2.07. The van der Waals surface area contributed by atoms with Gasteiger partial charge >= 0.3 is 0 Å². The van der Waals surface area contributed by atoms with E-state index >= 15 is 0 Å². The number of hydrogen-bond acceptors (Lipinski definition) is 6. The highest BCUT2D eigenvalue weighted by molar-refractivity contribution is 7.13. The highest BCUT2D eigenvalue weighted by Gasteiger charge is 2.41. The first kappa shape index (κ1) is 20.2. The number of likely N-dealkylation sites (tertiary alicyclic amines) is 1. The number of amides is 3. The molecule has 26 heavy (non-hydrogen) atoms. The first-order chi connectivity index (χ1) is 12.5. The number of carbonyl (C=O) groups is 3. The summed E-state index contributed by atoms with van der Waals surface area (Å²) in [4.78, 5) is 42.1. The van der Waals surface area contributed by atoms with Crippen LogP contribution in [0.15, 0.2) is 11.6 Å². The Kier molecular flexibility index (Phi) is 7.46. The predicted octanol–water partition coefficient (Wildman–Crippen LogP) is 1.72. The van der Waals surface area contributed by atoms with Crippen molar-refractivity contribution < 1.29 is 24.0 Å². The van der Waals surface area contributed by atoms with Crippen LogP contribution in [0.1, 0.15) is 39.0 Å². The van der Waals surface area contributed by atoms with E-state index in [0.717, 1.165) is 6.42 Å². The second-order valence-electron chi connectivity index (χ2n) is 6.14. The molecule has 0 bridgehead atoms. The van der Waals surface area contributed by atoms with Gasteiger partial charge in [0.25, 0.3) is 5.91 Å². The molecule has 0 radical (unpaired) electrons. The maximum atomic E-state index is 14.4. The Morgan fingerprint density at radius 2 is 2.27 bits per heavy atom. The molecule has 10 heteroatoms. The minimum Gasteiger partial charge on any atom is -0.330 e. The summed E-state index contributed by atoms with van der Waals surface area (Å²) in [5, 5.41) is 13.5. The molecule has 8 nitrogen and oxygen atoms in total. The van der Waals surface area contributed by atoms with Crippen molar-refractivity contribution in [2.75, 3.05) is 11.9 Å². The normalized spacial score (nSPS) is 19.0. The zero-order valence-electron chi connectivity index (χ0n) is 14.5. The van der Waals surface area contributed by atoms with Gasteiger partial charge in [-0.1, -0.05) is 19.8 Å². The highest BCUT2D eigenvalue weighted by atomic mass is 32.1. The van der Waals surface area contributed by atoms with Gasteiger partial charge in [-0.3, -0.25) is 19.6 Å². The first-order valence-electron chi connectivity index (χ1n) is 8.58. The van der Waals surface area contributed by atoms with Crippen molar-refractivity contribution in [3.05, 3.63) is 11.6 Å².